The standard InChI is InChI=1S/C34H43N5O10/c1-4-19(2)30(35-20(3)40)33(48)37-25(14-15-28(42)43)34(49)39-18-22(16-26(39)32(47)38-27(41)17-29(44)45)36-31(46)24-13-9-8-12-23(24)21-10-6-5-7-11-21/h5-13,19,22,25-27,30,41H,4,14-18H2,1-3H3,(H,35,40)(H,36,46)(H,37,48)(H,38,47)(H,42,43)(H,44,45)/t19-,22-,25-,26-,27+,30-/m0/s1. The molecule has 2 aromatic carbocycles. The number of aliphatic carboxylic acids is 2. The number of carboxylic acids is 2. The highest BCUT2D eigenvalue weighted by Gasteiger charge is 2.43. The number of carbonyl (C=O) groups excluding carboxylic acids is 5. The first kappa shape index (κ1) is 38.1. The second kappa shape index (κ2) is 17.7. The van der Waals surface area contributed by atoms with Crippen LogP contribution in [0.25, 0.3) is 11.1 Å². The zero-order chi connectivity index (χ0) is 36.2. The number of rotatable bonds is 16. The van der Waals surface area contributed by atoms with Crippen LogP contribution in [0.2, 0.25) is 0 Å². The second-order valence-corrected chi connectivity index (χ2v) is 12.0. The number of benzene rings is 2. The van der Waals surface area contributed by atoms with E-state index in [1.165, 1.54) is 6.92 Å². The first-order valence-corrected chi connectivity index (χ1v) is 16.0. The molecule has 6 atom stereocenters. The average molecular weight is 682 g/mol. The molecule has 1 fully saturated rings. The molecule has 3 rings (SSSR count). The molecule has 15 heteroatoms. The predicted molar refractivity (Wildman–Crippen MR) is 176 cm³/mol. The fraction of sp³-hybridized carbons (Fsp3) is 0.441. The van der Waals surface area contributed by atoms with Gasteiger partial charge in [0, 0.05) is 31.5 Å². The van der Waals surface area contributed by atoms with E-state index in [-0.39, 0.29) is 25.3 Å². The molecule has 0 spiro atoms. The predicted octanol–water partition coefficient (Wildman–Crippen LogP) is 0.863. The average Bonchev–Trinajstić information content (AvgIpc) is 3.48. The van der Waals surface area contributed by atoms with Gasteiger partial charge in [-0.2, -0.15) is 0 Å². The van der Waals surface area contributed by atoms with Crippen molar-refractivity contribution in [3.8, 4) is 11.1 Å². The Balaban J connectivity index is 1.92. The van der Waals surface area contributed by atoms with Gasteiger partial charge in [0.25, 0.3) is 5.91 Å². The first-order valence-electron chi connectivity index (χ1n) is 16.0. The number of hydrogen-bond donors (Lipinski definition) is 7. The molecule has 0 aliphatic carbocycles. The van der Waals surface area contributed by atoms with E-state index in [4.69, 9.17) is 5.11 Å². The van der Waals surface area contributed by atoms with Crippen molar-refractivity contribution in [1.29, 1.82) is 0 Å². The summed E-state index contributed by atoms with van der Waals surface area (Å²) in [4.78, 5) is 89.9. The van der Waals surface area contributed by atoms with E-state index < -0.39 is 84.7 Å². The van der Waals surface area contributed by atoms with Crippen molar-refractivity contribution >= 4 is 41.5 Å². The summed E-state index contributed by atoms with van der Waals surface area (Å²) in [5.41, 5.74) is 1.76. The topological polar surface area (TPSA) is 232 Å². The lowest BCUT2D eigenvalue weighted by Crippen LogP contribution is -2.58. The van der Waals surface area contributed by atoms with Gasteiger partial charge in [0.2, 0.25) is 23.6 Å². The lowest BCUT2D eigenvalue weighted by atomic mass is 9.97. The Morgan fingerprint density at radius 1 is 0.898 bits per heavy atom. The van der Waals surface area contributed by atoms with Crippen LogP contribution in [-0.2, 0) is 28.8 Å². The minimum absolute atomic E-state index is 0.141. The van der Waals surface area contributed by atoms with E-state index >= 15 is 0 Å². The Morgan fingerprint density at radius 3 is 2.16 bits per heavy atom. The molecule has 0 unspecified atom stereocenters. The molecule has 0 aromatic heterocycles. The zero-order valence-corrected chi connectivity index (χ0v) is 27.5. The van der Waals surface area contributed by atoms with Gasteiger partial charge in [0.15, 0.2) is 0 Å². The number of aliphatic hydroxyl groups is 1. The summed E-state index contributed by atoms with van der Waals surface area (Å²) in [6, 6.07) is 11.4. The highest BCUT2D eigenvalue weighted by atomic mass is 16.4. The van der Waals surface area contributed by atoms with Gasteiger partial charge in [0.05, 0.1) is 6.42 Å². The summed E-state index contributed by atoms with van der Waals surface area (Å²) >= 11 is 0. The molecular weight excluding hydrogens is 638 g/mol. The maximum absolute atomic E-state index is 14.1. The number of likely N-dealkylation sites (tertiary alicyclic amines) is 1. The molecule has 2 aromatic rings. The second-order valence-electron chi connectivity index (χ2n) is 12.0. The highest BCUT2D eigenvalue weighted by Crippen LogP contribution is 2.25. The summed E-state index contributed by atoms with van der Waals surface area (Å²) in [7, 11) is 0. The normalized spacial score (nSPS) is 17.9. The molecule has 5 amide bonds. The third-order valence-corrected chi connectivity index (χ3v) is 8.27. The van der Waals surface area contributed by atoms with Gasteiger partial charge in [-0.3, -0.25) is 33.6 Å². The van der Waals surface area contributed by atoms with E-state index in [2.05, 4.69) is 21.3 Å². The Bertz CT molecular complexity index is 1530. The summed E-state index contributed by atoms with van der Waals surface area (Å²) in [5.74, 6) is -6.45. The van der Waals surface area contributed by atoms with Gasteiger partial charge in [-0.05, 0) is 36.0 Å². The van der Waals surface area contributed by atoms with Gasteiger partial charge >= 0.3 is 11.9 Å². The van der Waals surface area contributed by atoms with Crippen molar-refractivity contribution in [2.24, 2.45) is 5.92 Å². The zero-order valence-electron chi connectivity index (χ0n) is 27.5. The van der Waals surface area contributed by atoms with Crippen LogP contribution < -0.4 is 21.3 Å². The summed E-state index contributed by atoms with van der Waals surface area (Å²) in [5, 5.41) is 38.7. The molecule has 49 heavy (non-hydrogen) atoms. The number of carbonyl (C=O) groups is 7. The molecule has 264 valence electrons. The number of aliphatic hydroxyl groups excluding tert-OH is 1. The van der Waals surface area contributed by atoms with Crippen LogP contribution in [0.4, 0.5) is 0 Å². The van der Waals surface area contributed by atoms with Crippen LogP contribution in [-0.4, -0.2) is 98.6 Å². The largest absolute Gasteiger partial charge is 0.481 e. The number of carboxylic acid groups (broad SMARTS) is 2. The Morgan fingerprint density at radius 2 is 1.55 bits per heavy atom. The Kier molecular flexibility index (Phi) is 13.8. The van der Waals surface area contributed by atoms with Crippen molar-refractivity contribution in [3.63, 3.8) is 0 Å². The maximum Gasteiger partial charge on any atom is 0.307 e. The van der Waals surface area contributed by atoms with Crippen molar-refractivity contribution in [3.05, 3.63) is 60.2 Å². The maximum atomic E-state index is 14.1. The Labute approximate surface area is 283 Å². The number of hydrogen-bond acceptors (Lipinski definition) is 8. The molecule has 1 heterocycles. The van der Waals surface area contributed by atoms with Crippen LogP contribution in [0.5, 0.6) is 0 Å². The van der Waals surface area contributed by atoms with Gasteiger partial charge in [0.1, 0.15) is 24.4 Å². The van der Waals surface area contributed by atoms with Gasteiger partial charge in [-0.15, -0.1) is 0 Å². The third-order valence-electron chi connectivity index (χ3n) is 8.27. The summed E-state index contributed by atoms with van der Waals surface area (Å²) in [6.07, 6.45) is -3.14. The molecular formula is C34H43N5O10. The molecule has 7 N–H and O–H groups in total. The van der Waals surface area contributed by atoms with Crippen LogP contribution in [0.3, 0.4) is 0 Å². The molecule has 1 aliphatic rings. The van der Waals surface area contributed by atoms with Crippen LogP contribution in [0.15, 0.2) is 54.6 Å². The quantitative estimate of drug-likeness (QED) is 0.124. The third kappa shape index (κ3) is 10.9. The molecule has 0 radical (unpaired) electrons. The van der Waals surface area contributed by atoms with Gasteiger partial charge in [-0.25, -0.2) is 0 Å². The van der Waals surface area contributed by atoms with Crippen molar-refractivity contribution in [2.45, 2.75) is 83.3 Å². The summed E-state index contributed by atoms with van der Waals surface area (Å²) in [6.45, 7) is 4.53. The molecule has 1 saturated heterocycles. The van der Waals surface area contributed by atoms with Gasteiger partial charge < -0.3 is 41.5 Å². The Hall–Kier alpha value is -5.31. The molecule has 15 nitrogen and oxygen atoms in total. The lowest BCUT2D eigenvalue weighted by molar-refractivity contribution is -0.145. The SMILES string of the molecule is CC[C@H](C)[C@H](NC(C)=O)C(=O)N[C@@H](CCC(=O)O)C(=O)N1C[C@@H](NC(=O)c2ccccc2-c2ccccc2)C[C@H]1C(=O)N[C@H](O)CC(=O)O. The minimum atomic E-state index is -1.79. The smallest absolute Gasteiger partial charge is 0.307 e. The number of nitrogens with one attached hydrogen (secondary N) is 4. The van der Waals surface area contributed by atoms with Crippen molar-refractivity contribution < 1.29 is 48.9 Å². The van der Waals surface area contributed by atoms with Crippen molar-refractivity contribution in [1.82, 2.24) is 26.2 Å². The van der Waals surface area contributed by atoms with Crippen LogP contribution >= 0.6 is 0 Å². The highest BCUT2D eigenvalue weighted by molar-refractivity contribution is 6.01. The van der Waals surface area contributed by atoms with Crippen LogP contribution in [0.1, 0.15) is 63.2 Å². The fourth-order valence-electron chi connectivity index (χ4n) is 5.63. The van der Waals surface area contributed by atoms with Crippen LogP contribution in [0, 0.1) is 5.92 Å². The van der Waals surface area contributed by atoms with E-state index in [0.717, 1.165) is 10.5 Å². The minimum Gasteiger partial charge on any atom is -0.481 e. The molecule has 0 bridgehead atoms. The number of amides is 5. The molecule has 0 saturated carbocycles. The van der Waals surface area contributed by atoms with Crippen molar-refractivity contribution in [2.75, 3.05) is 6.54 Å². The summed E-state index contributed by atoms with van der Waals surface area (Å²) < 4.78 is 0. The lowest BCUT2D eigenvalue weighted by Gasteiger charge is -2.30. The van der Waals surface area contributed by atoms with E-state index in [0.29, 0.717) is 17.5 Å². The van der Waals surface area contributed by atoms with E-state index in [1.807, 2.05) is 30.3 Å². The van der Waals surface area contributed by atoms with E-state index in [9.17, 15) is 43.8 Å². The molecule has 1 aliphatic heterocycles. The number of nitrogens with zero attached hydrogens (tertiary/aromatic N) is 1. The first-order chi connectivity index (χ1) is 23.2. The van der Waals surface area contributed by atoms with Gasteiger partial charge in [-0.1, -0.05) is 68.8 Å². The fourth-order valence-corrected chi connectivity index (χ4v) is 5.63. The monoisotopic (exact) mass is 681 g/mol. The van der Waals surface area contributed by atoms with E-state index in [1.54, 1.807) is 38.1 Å².